The number of nitrogens with zero attached hydrogens (tertiary/aromatic N) is 3. The van der Waals surface area contributed by atoms with Crippen molar-refractivity contribution in [3.63, 3.8) is 0 Å². The van der Waals surface area contributed by atoms with Gasteiger partial charge >= 0.3 is 0 Å². The van der Waals surface area contributed by atoms with Crippen LogP contribution in [0.5, 0.6) is 5.75 Å². The van der Waals surface area contributed by atoms with E-state index < -0.39 is 0 Å². The van der Waals surface area contributed by atoms with Crippen LogP contribution >= 0.6 is 0 Å². The van der Waals surface area contributed by atoms with Gasteiger partial charge in [0, 0.05) is 57.6 Å². The average Bonchev–Trinajstić information content (AvgIpc) is 2.64. The van der Waals surface area contributed by atoms with Gasteiger partial charge in [0.15, 0.2) is 11.6 Å². The van der Waals surface area contributed by atoms with Crippen molar-refractivity contribution < 1.29 is 13.9 Å². The molecule has 1 aliphatic heterocycles. The number of hydrogen-bond donors (Lipinski definition) is 0. The van der Waals surface area contributed by atoms with E-state index in [4.69, 9.17) is 4.74 Å². The first-order valence-corrected chi connectivity index (χ1v) is 8.48. The Hall–Kier alpha value is -2.67. The highest BCUT2D eigenvalue weighted by atomic mass is 19.1. The SMILES string of the molecule is COc1ccc(CN2CCN(C(=O)c3ccn(C)c(=O)c3)CC2)cc1F. The quantitative estimate of drug-likeness (QED) is 0.830. The molecular formula is C19H22FN3O3. The average molecular weight is 359 g/mol. The normalized spacial score (nSPS) is 15.1. The van der Waals surface area contributed by atoms with Gasteiger partial charge in [-0.1, -0.05) is 6.07 Å². The molecule has 1 aromatic carbocycles. The summed E-state index contributed by atoms with van der Waals surface area (Å²) in [6.45, 7) is 3.17. The number of hydrogen-bond acceptors (Lipinski definition) is 4. The van der Waals surface area contributed by atoms with E-state index in [2.05, 4.69) is 4.90 Å². The molecule has 1 saturated heterocycles. The first-order chi connectivity index (χ1) is 12.5. The minimum Gasteiger partial charge on any atom is -0.494 e. The molecule has 2 heterocycles. The van der Waals surface area contributed by atoms with Gasteiger partial charge in [-0.2, -0.15) is 0 Å². The van der Waals surface area contributed by atoms with Crippen LogP contribution in [0.3, 0.4) is 0 Å². The Morgan fingerprint density at radius 1 is 1.15 bits per heavy atom. The maximum absolute atomic E-state index is 13.8. The van der Waals surface area contributed by atoms with E-state index in [0.717, 1.165) is 5.56 Å². The molecule has 0 N–H and O–H groups in total. The van der Waals surface area contributed by atoms with Crippen LogP contribution in [0.2, 0.25) is 0 Å². The monoisotopic (exact) mass is 359 g/mol. The number of ether oxygens (including phenoxy) is 1. The summed E-state index contributed by atoms with van der Waals surface area (Å²) in [5.74, 6) is -0.263. The number of amides is 1. The van der Waals surface area contributed by atoms with Crippen molar-refractivity contribution in [2.45, 2.75) is 6.54 Å². The lowest BCUT2D eigenvalue weighted by Gasteiger charge is -2.34. The molecule has 1 amide bonds. The second kappa shape index (κ2) is 7.70. The molecule has 0 bridgehead atoms. The summed E-state index contributed by atoms with van der Waals surface area (Å²) in [5, 5.41) is 0. The summed E-state index contributed by atoms with van der Waals surface area (Å²) >= 11 is 0. The zero-order valence-corrected chi connectivity index (χ0v) is 14.9. The molecule has 0 radical (unpaired) electrons. The highest BCUT2D eigenvalue weighted by molar-refractivity contribution is 5.94. The van der Waals surface area contributed by atoms with Crippen molar-refractivity contribution in [2.24, 2.45) is 7.05 Å². The molecule has 0 unspecified atom stereocenters. The number of piperazine rings is 1. The lowest BCUT2D eigenvalue weighted by molar-refractivity contribution is 0.0628. The maximum Gasteiger partial charge on any atom is 0.254 e. The second-order valence-electron chi connectivity index (χ2n) is 6.40. The Labute approximate surface area is 151 Å². The number of methoxy groups -OCH3 is 1. The summed E-state index contributed by atoms with van der Waals surface area (Å²) < 4.78 is 20.2. The molecule has 0 spiro atoms. The van der Waals surface area contributed by atoms with Crippen molar-refractivity contribution >= 4 is 5.91 Å². The van der Waals surface area contributed by atoms with Crippen molar-refractivity contribution in [2.75, 3.05) is 33.3 Å². The number of carbonyl (C=O) groups excluding carboxylic acids is 1. The van der Waals surface area contributed by atoms with Crippen LogP contribution in [0.25, 0.3) is 0 Å². The van der Waals surface area contributed by atoms with Crippen molar-refractivity contribution in [3.8, 4) is 5.75 Å². The maximum atomic E-state index is 13.8. The summed E-state index contributed by atoms with van der Waals surface area (Å²) in [6, 6.07) is 7.99. The molecule has 1 aromatic heterocycles. The minimum absolute atomic E-state index is 0.127. The first-order valence-electron chi connectivity index (χ1n) is 8.48. The van der Waals surface area contributed by atoms with Crippen LogP contribution in [-0.4, -0.2) is 53.6 Å². The van der Waals surface area contributed by atoms with E-state index in [9.17, 15) is 14.0 Å². The fourth-order valence-electron chi connectivity index (χ4n) is 3.04. The van der Waals surface area contributed by atoms with Crippen molar-refractivity contribution in [3.05, 3.63) is 63.8 Å². The van der Waals surface area contributed by atoms with Crippen LogP contribution in [0.1, 0.15) is 15.9 Å². The van der Waals surface area contributed by atoms with Crippen LogP contribution in [0, 0.1) is 5.82 Å². The van der Waals surface area contributed by atoms with Gasteiger partial charge in [0.1, 0.15) is 0 Å². The number of pyridine rings is 1. The summed E-state index contributed by atoms with van der Waals surface area (Å²) in [7, 11) is 3.09. The Bertz CT molecular complexity index is 857. The number of aryl methyl sites for hydroxylation is 1. The lowest BCUT2D eigenvalue weighted by Crippen LogP contribution is -2.48. The van der Waals surface area contributed by atoms with Crippen LogP contribution < -0.4 is 10.3 Å². The van der Waals surface area contributed by atoms with Gasteiger partial charge in [0.25, 0.3) is 11.5 Å². The van der Waals surface area contributed by atoms with E-state index in [1.807, 2.05) is 6.07 Å². The molecule has 0 saturated carbocycles. The molecule has 138 valence electrons. The van der Waals surface area contributed by atoms with Gasteiger partial charge in [-0.15, -0.1) is 0 Å². The van der Waals surface area contributed by atoms with Gasteiger partial charge in [-0.05, 0) is 23.8 Å². The summed E-state index contributed by atoms with van der Waals surface area (Å²) in [5.41, 5.74) is 1.09. The van der Waals surface area contributed by atoms with E-state index in [-0.39, 0.29) is 23.0 Å². The van der Waals surface area contributed by atoms with E-state index in [1.54, 1.807) is 30.3 Å². The second-order valence-corrected chi connectivity index (χ2v) is 6.40. The van der Waals surface area contributed by atoms with Crippen molar-refractivity contribution in [1.29, 1.82) is 0 Å². The molecule has 3 rings (SSSR count). The van der Waals surface area contributed by atoms with Gasteiger partial charge in [0.05, 0.1) is 7.11 Å². The predicted molar refractivity (Wildman–Crippen MR) is 95.8 cm³/mol. The molecule has 6 nitrogen and oxygen atoms in total. The van der Waals surface area contributed by atoms with Crippen LogP contribution in [-0.2, 0) is 13.6 Å². The first kappa shape index (κ1) is 18.1. The predicted octanol–water partition coefficient (Wildman–Crippen LogP) is 1.49. The molecule has 2 aromatic rings. The van der Waals surface area contributed by atoms with Crippen molar-refractivity contribution in [1.82, 2.24) is 14.4 Å². The molecular weight excluding hydrogens is 337 g/mol. The largest absolute Gasteiger partial charge is 0.494 e. The van der Waals surface area contributed by atoms with E-state index >= 15 is 0 Å². The molecule has 0 aliphatic carbocycles. The number of aromatic nitrogens is 1. The number of benzene rings is 1. The van der Waals surface area contributed by atoms with Gasteiger partial charge in [0.2, 0.25) is 0 Å². The third-order valence-corrected chi connectivity index (χ3v) is 4.63. The third-order valence-electron chi connectivity index (χ3n) is 4.63. The zero-order chi connectivity index (χ0) is 18.7. The van der Waals surface area contributed by atoms with E-state index in [1.165, 1.54) is 23.8 Å². The van der Waals surface area contributed by atoms with Gasteiger partial charge < -0.3 is 14.2 Å². The Morgan fingerprint density at radius 3 is 2.50 bits per heavy atom. The van der Waals surface area contributed by atoms with Crippen LogP contribution in [0.4, 0.5) is 4.39 Å². The Kier molecular flexibility index (Phi) is 5.37. The fraction of sp³-hybridized carbons (Fsp3) is 0.368. The number of halogens is 1. The van der Waals surface area contributed by atoms with E-state index in [0.29, 0.717) is 38.3 Å². The zero-order valence-electron chi connectivity index (χ0n) is 14.9. The molecule has 0 atom stereocenters. The molecule has 1 fully saturated rings. The summed E-state index contributed by atoms with van der Waals surface area (Å²) in [6.07, 6.45) is 1.60. The van der Waals surface area contributed by atoms with Crippen LogP contribution in [0.15, 0.2) is 41.3 Å². The topological polar surface area (TPSA) is 54.8 Å². The lowest BCUT2D eigenvalue weighted by atomic mass is 10.1. The standard InChI is InChI=1S/C19H22FN3O3/c1-21-6-5-15(12-18(21)24)19(25)23-9-7-22(8-10-23)13-14-3-4-17(26-2)16(20)11-14/h3-6,11-12H,7-10,13H2,1-2H3. The highest BCUT2D eigenvalue weighted by Gasteiger charge is 2.22. The minimum atomic E-state index is -0.371. The fourth-order valence-corrected chi connectivity index (χ4v) is 3.04. The van der Waals surface area contributed by atoms with Gasteiger partial charge in [-0.25, -0.2) is 4.39 Å². The Balaban J connectivity index is 1.58. The molecule has 1 aliphatic rings. The Morgan fingerprint density at radius 2 is 1.88 bits per heavy atom. The number of rotatable bonds is 4. The summed E-state index contributed by atoms with van der Waals surface area (Å²) in [4.78, 5) is 28.2. The van der Waals surface area contributed by atoms with Gasteiger partial charge in [-0.3, -0.25) is 14.5 Å². The molecule has 7 heteroatoms. The smallest absolute Gasteiger partial charge is 0.254 e. The number of carbonyl (C=O) groups is 1. The third kappa shape index (κ3) is 3.94. The molecule has 26 heavy (non-hydrogen) atoms. The highest BCUT2D eigenvalue weighted by Crippen LogP contribution is 2.19.